The molecular formula is C26H41N3O6. The van der Waals surface area contributed by atoms with E-state index in [0.717, 1.165) is 12.8 Å². The van der Waals surface area contributed by atoms with Crippen molar-refractivity contribution in [3.05, 3.63) is 36.5 Å². The van der Waals surface area contributed by atoms with Crippen molar-refractivity contribution >= 4 is 23.7 Å². The van der Waals surface area contributed by atoms with E-state index >= 15 is 0 Å². The predicted molar refractivity (Wildman–Crippen MR) is 135 cm³/mol. The minimum atomic E-state index is -1.11. The third kappa shape index (κ3) is 13.5. The molecule has 1 aliphatic rings. The summed E-state index contributed by atoms with van der Waals surface area (Å²) in [5.74, 6) is -1.98. The van der Waals surface area contributed by atoms with Crippen molar-refractivity contribution in [3.8, 4) is 0 Å². The van der Waals surface area contributed by atoms with Crippen LogP contribution in [0.2, 0.25) is 0 Å². The van der Waals surface area contributed by atoms with Gasteiger partial charge in [-0.05, 0) is 52.4 Å². The Morgan fingerprint density at radius 2 is 1.69 bits per heavy atom. The number of hydrogen-bond acceptors (Lipinski definition) is 6. The second-order valence-corrected chi connectivity index (χ2v) is 9.30. The number of ketones is 1. The van der Waals surface area contributed by atoms with Crippen molar-refractivity contribution in [2.24, 2.45) is 5.92 Å². The third-order valence-electron chi connectivity index (χ3n) is 4.95. The van der Waals surface area contributed by atoms with Crippen LogP contribution >= 0.6 is 0 Å². The monoisotopic (exact) mass is 491 g/mol. The summed E-state index contributed by atoms with van der Waals surface area (Å²) in [5.41, 5.74) is 0.568. The summed E-state index contributed by atoms with van der Waals surface area (Å²) in [6.07, 6.45) is 8.42. The van der Waals surface area contributed by atoms with E-state index in [1.165, 1.54) is 0 Å². The zero-order valence-electron chi connectivity index (χ0n) is 21.6. The molecule has 1 saturated carbocycles. The number of allylic oxidation sites excluding steroid dienone is 4. The van der Waals surface area contributed by atoms with E-state index in [1.54, 1.807) is 18.2 Å². The number of Topliss-reactive ketones (excluding diaryl/α,β-unsaturated/α-hetero) is 1. The molecule has 9 nitrogen and oxygen atoms in total. The van der Waals surface area contributed by atoms with Crippen LogP contribution in [0, 0.1) is 5.92 Å². The minimum absolute atomic E-state index is 0.00499. The fraction of sp³-hybridized carbons (Fsp3) is 0.615. The van der Waals surface area contributed by atoms with E-state index in [0.29, 0.717) is 12.0 Å². The molecule has 0 aliphatic heterocycles. The first-order valence-electron chi connectivity index (χ1n) is 12.2. The van der Waals surface area contributed by atoms with Crippen molar-refractivity contribution in [1.82, 2.24) is 16.0 Å². The topological polar surface area (TPSA) is 123 Å². The normalized spacial score (nSPS) is 15.3. The maximum atomic E-state index is 13.1. The summed E-state index contributed by atoms with van der Waals surface area (Å²) in [6, 6.07) is -2.05. The molecule has 0 aromatic rings. The largest absolute Gasteiger partial charge is 0.447 e. The quantitative estimate of drug-likeness (QED) is 0.173. The average molecular weight is 492 g/mol. The molecule has 0 bridgehead atoms. The van der Waals surface area contributed by atoms with Crippen molar-refractivity contribution in [1.29, 1.82) is 0 Å². The van der Waals surface area contributed by atoms with Gasteiger partial charge >= 0.3 is 6.09 Å². The van der Waals surface area contributed by atoms with Gasteiger partial charge in [-0.25, -0.2) is 4.79 Å². The highest BCUT2D eigenvalue weighted by atomic mass is 16.6. The van der Waals surface area contributed by atoms with Crippen molar-refractivity contribution in [3.63, 3.8) is 0 Å². The molecular weight excluding hydrogens is 450 g/mol. The van der Waals surface area contributed by atoms with Gasteiger partial charge < -0.3 is 25.4 Å². The van der Waals surface area contributed by atoms with Crippen molar-refractivity contribution in [2.75, 3.05) is 13.2 Å². The number of ether oxygens (including phenoxy) is 2. The van der Waals surface area contributed by atoms with Gasteiger partial charge in [0.1, 0.15) is 18.7 Å². The van der Waals surface area contributed by atoms with E-state index < -0.39 is 35.8 Å². The lowest BCUT2D eigenvalue weighted by molar-refractivity contribution is -0.140. The summed E-state index contributed by atoms with van der Waals surface area (Å²) in [7, 11) is 0. The van der Waals surface area contributed by atoms with Gasteiger partial charge in [0.05, 0.1) is 12.7 Å². The Bertz CT molecular complexity index is 799. The van der Waals surface area contributed by atoms with Gasteiger partial charge in [0.15, 0.2) is 0 Å². The van der Waals surface area contributed by atoms with Crippen LogP contribution in [0.4, 0.5) is 4.79 Å². The van der Waals surface area contributed by atoms with Gasteiger partial charge in [-0.3, -0.25) is 14.4 Å². The summed E-state index contributed by atoms with van der Waals surface area (Å²) >= 11 is 0. The Balaban J connectivity index is 2.87. The highest BCUT2D eigenvalue weighted by Gasteiger charge is 2.33. The Morgan fingerprint density at radius 1 is 1.00 bits per heavy atom. The maximum absolute atomic E-state index is 13.1. The van der Waals surface area contributed by atoms with E-state index in [1.807, 2.05) is 40.7 Å². The highest BCUT2D eigenvalue weighted by molar-refractivity contribution is 6.38. The molecule has 0 heterocycles. The van der Waals surface area contributed by atoms with Gasteiger partial charge in [0.25, 0.3) is 5.91 Å². The molecule has 1 fully saturated rings. The summed E-state index contributed by atoms with van der Waals surface area (Å²) in [5, 5.41) is 7.87. The predicted octanol–water partition coefficient (Wildman–Crippen LogP) is 2.96. The van der Waals surface area contributed by atoms with Gasteiger partial charge in [-0.2, -0.15) is 0 Å². The van der Waals surface area contributed by atoms with Crippen LogP contribution in [0.25, 0.3) is 0 Å². The molecule has 0 unspecified atom stereocenters. The number of carbonyl (C=O) groups excluding carboxylic acids is 4. The average Bonchev–Trinajstić information content (AvgIpc) is 3.59. The van der Waals surface area contributed by atoms with E-state index in [-0.39, 0.29) is 37.7 Å². The van der Waals surface area contributed by atoms with Gasteiger partial charge in [-0.15, -0.1) is 0 Å². The summed E-state index contributed by atoms with van der Waals surface area (Å²) < 4.78 is 10.4. The fourth-order valence-electron chi connectivity index (χ4n) is 3.06. The van der Waals surface area contributed by atoms with E-state index in [2.05, 4.69) is 22.5 Å². The Kier molecular flexibility index (Phi) is 13.6. The number of rotatable bonds is 16. The number of amides is 3. The molecule has 2 atom stereocenters. The van der Waals surface area contributed by atoms with Crippen molar-refractivity contribution in [2.45, 2.75) is 84.5 Å². The molecule has 9 heteroatoms. The number of hydrogen-bond donors (Lipinski definition) is 3. The van der Waals surface area contributed by atoms with Crippen LogP contribution in [0.15, 0.2) is 36.5 Å². The minimum Gasteiger partial charge on any atom is -0.447 e. The first-order chi connectivity index (χ1) is 16.5. The third-order valence-corrected chi connectivity index (χ3v) is 4.95. The molecule has 1 aliphatic carbocycles. The lowest BCUT2D eigenvalue weighted by atomic mass is 9.99. The molecule has 35 heavy (non-hydrogen) atoms. The first kappa shape index (κ1) is 30.1. The first-order valence-corrected chi connectivity index (χ1v) is 12.2. The van der Waals surface area contributed by atoms with Crippen LogP contribution < -0.4 is 16.0 Å². The summed E-state index contributed by atoms with van der Waals surface area (Å²) in [6.45, 7) is 13.6. The van der Waals surface area contributed by atoms with E-state index in [9.17, 15) is 19.2 Å². The molecule has 1 rings (SSSR count). The van der Waals surface area contributed by atoms with Gasteiger partial charge in [0, 0.05) is 6.04 Å². The van der Waals surface area contributed by atoms with Gasteiger partial charge in [0.2, 0.25) is 11.7 Å². The Labute approximate surface area is 208 Å². The Hall–Kier alpha value is -2.94. The second kappa shape index (κ2) is 15.9. The lowest BCUT2D eigenvalue weighted by Gasteiger charge is -2.24. The van der Waals surface area contributed by atoms with Crippen LogP contribution in [0.1, 0.15) is 60.3 Å². The van der Waals surface area contributed by atoms with Crippen LogP contribution in [-0.4, -0.2) is 61.1 Å². The van der Waals surface area contributed by atoms with Crippen LogP contribution in [0.3, 0.4) is 0 Å². The lowest BCUT2D eigenvalue weighted by Crippen LogP contribution is -2.54. The van der Waals surface area contributed by atoms with Gasteiger partial charge in [-0.1, -0.05) is 50.3 Å². The zero-order valence-corrected chi connectivity index (χ0v) is 21.6. The summed E-state index contributed by atoms with van der Waals surface area (Å²) in [4.78, 5) is 50.6. The molecule has 0 radical (unpaired) electrons. The highest BCUT2D eigenvalue weighted by Crippen LogP contribution is 2.19. The molecule has 0 saturated heterocycles. The number of alkyl carbamates (subject to hydrolysis) is 1. The van der Waals surface area contributed by atoms with Crippen molar-refractivity contribution < 1.29 is 28.7 Å². The zero-order chi connectivity index (χ0) is 26.4. The van der Waals surface area contributed by atoms with Crippen LogP contribution in [0.5, 0.6) is 0 Å². The SMILES string of the molecule is C=C(/C=C\C=C/C)C[C@H](NC(=O)[C@H](CC(C)C)NC(=O)OCCOC(C)C)C(=O)C(=O)NC1CC1. The van der Waals surface area contributed by atoms with E-state index in [4.69, 9.17) is 9.47 Å². The standard InChI is InChI=1S/C26H41N3O6/c1-7-8-9-10-19(6)16-21(23(30)25(32)27-20-11-12-20)28-24(31)22(15-17(2)3)29-26(33)35-14-13-34-18(4)5/h7-10,17-18,20-22H,6,11-16H2,1-5H3,(H,27,32)(H,28,31)(H,29,33)/b8-7-,10-9-/t21-,22-/m0/s1. The molecule has 196 valence electrons. The fourth-order valence-corrected chi connectivity index (χ4v) is 3.06. The second-order valence-electron chi connectivity index (χ2n) is 9.30. The molecule has 0 aromatic carbocycles. The molecule has 3 amide bonds. The number of nitrogens with one attached hydrogen (secondary N) is 3. The molecule has 3 N–H and O–H groups in total. The Morgan fingerprint density at radius 3 is 2.26 bits per heavy atom. The number of carbonyl (C=O) groups is 4. The van der Waals surface area contributed by atoms with Crippen LogP contribution in [-0.2, 0) is 23.9 Å². The smallest absolute Gasteiger partial charge is 0.407 e. The molecule has 0 aromatic heterocycles. The maximum Gasteiger partial charge on any atom is 0.407 e. The molecule has 0 spiro atoms.